The maximum atomic E-state index is 4.59. The Morgan fingerprint density at radius 1 is 1.25 bits per heavy atom. The molecule has 3 heterocycles. The third-order valence-corrected chi connectivity index (χ3v) is 4.28. The number of aromatic nitrogens is 3. The Kier molecular flexibility index (Phi) is 3.57. The number of pyridine rings is 1. The summed E-state index contributed by atoms with van der Waals surface area (Å²) in [5.41, 5.74) is 5.10. The molecule has 1 aliphatic rings. The number of rotatable bonds is 4. The molecule has 4 heteroatoms. The van der Waals surface area contributed by atoms with E-state index in [-0.39, 0.29) is 0 Å². The van der Waals surface area contributed by atoms with Crippen LogP contribution in [0.15, 0.2) is 24.4 Å². The summed E-state index contributed by atoms with van der Waals surface area (Å²) in [7, 11) is 0. The maximum Gasteiger partial charge on any atom is 0.0641 e. The largest absolute Gasteiger partial charge is 0.298 e. The minimum Gasteiger partial charge on any atom is -0.298 e. The van der Waals surface area contributed by atoms with Gasteiger partial charge in [-0.2, -0.15) is 5.10 Å². The van der Waals surface area contributed by atoms with Crippen LogP contribution in [0.25, 0.3) is 0 Å². The minimum absolute atomic E-state index is 0.595. The van der Waals surface area contributed by atoms with E-state index in [4.69, 9.17) is 0 Å². The summed E-state index contributed by atoms with van der Waals surface area (Å²) in [6.45, 7) is 10.6. The minimum atomic E-state index is 0.595. The molecular formula is C16H22N4. The summed E-state index contributed by atoms with van der Waals surface area (Å²) >= 11 is 0. The van der Waals surface area contributed by atoms with E-state index in [0.717, 1.165) is 26.2 Å². The fourth-order valence-electron chi connectivity index (χ4n) is 3.00. The molecule has 0 aromatic carbocycles. The highest BCUT2D eigenvalue weighted by Crippen LogP contribution is 2.28. The lowest BCUT2D eigenvalue weighted by atomic mass is 9.95. The smallest absolute Gasteiger partial charge is 0.0641 e. The van der Waals surface area contributed by atoms with Gasteiger partial charge in [0.15, 0.2) is 0 Å². The van der Waals surface area contributed by atoms with Gasteiger partial charge in [-0.3, -0.25) is 14.6 Å². The zero-order valence-corrected chi connectivity index (χ0v) is 12.5. The van der Waals surface area contributed by atoms with Crippen LogP contribution in [0.1, 0.15) is 35.5 Å². The van der Waals surface area contributed by atoms with Crippen LogP contribution in [0.3, 0.4) is 0 Å². The summed E-state index contributed by atoms with van der Waals surface area (Å²) in [4.78, 5) is 6.93. The first-order chi connectivity index (χ1) is 9.69. The van der Waals surface area contributed by atoms with Gasteiger partial charge in [0.05, 0.1) is 5.69 Å². The molecule has 0 spiro atoms. The Balaban J connectivity index is 1.63. The van der Waals surface area contributed by atoms with Crippen LogP contribution < -0.4 is 0 Å². The van der Waals surface area contributed by atoms with E-state index in [1.165, 1.54) is 22.6 Å². The van der Waals surface area contributed by atoms with E-state index >= 15 is 0 Å². The lowest BCUT2D eigenvalue weighted by Crippen LogP contribution is -2.44. The Morgan fingerprint density at radius 2 is 2.05 bits per heavy atom. The molecule has 106 valence electrons. The van der Waals surface area contributed by atoms with Crippen molar-refractivity contribution in [3.63, 3.8) is 0 Å². The topological polar surface area (TPSA) is 34.0 Å². The van der Waals surface area contributed by atoms with Gasteiger partial charge in [0.2, 0.25) is 0 Å². The molecule has 4 nitrogen and oxygen atoms in total. The second-order valence-corrected chi connectivity index (χ2v) is 5.61. The van der Waals surface area contributed by atoms with Crippen molar-refractivity contribution in [2.24, 2.45) is 0 Å². The first-order valence-electron chi connectivity index (χ1n) is 7.35. The second kappa shape index (κ2) is 5.37. The molecule has 1 fully saturated rings. The Bertz CT molecular complexity index is 582. The van der Waals surface area contributed by atoms with E-state index in [1.807, 2.05) is 12.3 Å². The lowest BCUT2D eigenvalue weighted by Gasteiger charge is -2.39. The monoisotopic (exact) mass is 270 g/mol. The third kappa shape index (κ3) is 2.36. The van der Waals surface area contributed by atoms with Gasteiger partial charge in [0.25, 0.3) is 0 Å². The van der Waals surface area contributed by atoms with Crippen molar-refractivity contribution in [3.8, 4) is 0 Å². The van der Waals surface area contributed by atoms with Gasteiger partial charge >= 0.3 is 0 Å². The van der Waals surface area contributed by atoms with E-state index in [2.05, 4.69) is 52.6 Å². The van der Waals surface area contributed by atoms with Crippen molar-refractivity contribution in [1.82, 2.24) is 19.7 Å². The van der Waals surface area contributed by atoms with Crippen molar-refractivity contribution in [1.29, 1.82) is 0 Å². The standard InChI is InChI=1S/C16H22N4/c1-4-20-13(3)15(12(2)18-20)11-19-9-14(10-19)16-7-5-6-8-17-16/h5-8,14H,4,9-11H2,1-3H3. The summed E-state index contributed by atoms with van der Waals surface area (Å²) < 4.78 is 2.10. The molecule has 2 aromatic rings. The zero-order valence-electron chi connectivity index (χ0n) is 12.5. The van der Waals surface area contributed by atoms with Crippen LogP contribution >= 0.6 is 0 Å². The molecule has 1 saturated heterocycles. The molecular weight excluding hydrogens is 248 g/mol. The maximum absolute atomic E-state index is 4.59. The Labute approximate surface area is 120 Å². The van der Waals surface area contributed by atoms with E-state index in [9.17, 15) is 0 Å². The predicted molar refractivity (Wildman–Crippen MR) is 79.6 cm³/mol. The van der Waals surface area contributed by atoms with Crippen molar-refractivity contribution in [2.45, 2.75) is 39.8 Å². The van der Waals surface area contributed by atoms with Gasteiger partial charge in [0.1, 0.15) is 0 Å². The molecule has 0 N–H and O–H groups in total. The molecule has 0 amide bonds. The first kappa shape index (κ1) is 13.3. The van der Waals surface area contributed by atoms with Crippen molar-refractivity contribution < 1.29 is 0 Å². The van der Waals surface area contributed by atoms with Crippen LogP contribution in [-0.2, 0) is 13.1 Å². The molecule has 0 saturated carbocycles. The van der Waals surface area contributed by atoms with E-state index in [1.54, 1.807) is 0 Å². The van der Waals surface area contributed by atoms with Crippen LogP contribution in [-0.4, -0.2) is 32.8 Å². The van der Waals surface area contributed by atoms with E-state index < -0.39 is 0 Å². The molecule has 0 bridgehead atoms. The van der Waals surface area contributed by atoms with Crippen LogP contribution in [0.4, 0.5) is 0 Å². The highest BCUT2D eigenvalue weighted by atomic mass is 15.3. The predicted octanol–water partition coefficient (Wildman–Crippen LogP) is 2.51. The third-order valence-electron chi connectivity index (χ3n) is 4.28. The summed E-state index contributed by atoms with van der Waals surface area (Å²) in [6, 6.07) is 6.18. The summed E-state index contributed by atoms with van der Waals surface area (Å²) in [5, 5.41) is 4.59. The molecule has 0 unspecified atom stereocenters. The number of hydrogen-bond donors (Lipinski definition) is 0. The molecule has 1 aliphatic heterocycles. The molecule has 0 aliphatic carbocycles. The van der Waals surface area contributed by atoms with Crippen LogP contribution in [0.5, 0.6) is 0 Å². The average Bonchev–Trinajstić information content (AvgIpc) is 2.69. The highest BCUT2D eigenvalue weighted by molar-refractivity contribution is 5.25. The fourth-order valence-corrected chi connectivity index (χ4v) is 3.00. The molecule has 20 heavy (non-hydrogen) atoms. The molecule has 0 radical (unpaired) electrons. The Morgan fingerprint density at radius 3 is 2.65 bits per heavy atom. The van der Waals surface area contributed by atoms with Gasteiger partial charge in [-0.05, 0) is 32.9 Å². The SMILES string of the molecule is CCn1nc(C)c(CN2CC(c3ccccn3)C2)c1C. The highest BCUT2D eigenvalue weighted by Gasteiger charge is 2.29. The van der Waals surface area contributed by atoms with Gasteiger partial charge in [-0.25, -0.2) is 0 Å². The first-order valence-corrected chi connectivity index (χ1v) is 7.35. The van der Waals surface area contributed by atoms with Crippen LogP contribution in [0.2, 0.25) is 0 Å². The number of likely N-dealkylation sites (tertiary alicyclic amines) is 1. The quantitative estimate of drug-likeness (QED) is 0.856. The van der Waals surface area contributed by atoms with Gasteiger partial charge in [-0.1, -0.05) is 6.07 Å². The molecule has 0 atom stereocenters. The van der Waals surface area contributed by atoms with Gasteiger partial charge in [-0.15, -0.1) is 0 Å². The molecule has 2 aromatic heterocycles. The average molecular weight is 270 g/mol. The Hall–Kier alpha value is -1.68. The number of hydrogen-bond acceptors (Lipinski definition) is 3. The van der Waals surface area contributed by atoms with E-state index in [0.29, 0.717) is 5.92 Å². The number of aryl methyl sites for hydroxylation is 2. The lowest BCUT2D eigenvalue weighted by molar-refractivity contribution is 0.136. The van der Waals surface area contributed by atoms with Crippen molar-refractivity contribution in [2.75, 3.05) is 13.1 Å². The van der Waals surface area contributed by atoms with Crippen molar-refractivity contribution in [3.05, 3.63) is 47.0 Å². The van der Waals surface area contributed by atoms with Crippen LogP contribution in [0, 0.1) is 13.8 Å². The van der Waals surface area contributed by atoms with Gasteiger partial charge in [0, 0.05) is 55.2 Å². The van der Waals surface area contributed by atoms with Crippen molar-refractivity contribution >= 4 is 0 Å². The summed E-state index contributed by atoms with van der Waals surface area (Å²) in [6.07, 6.45) is 1.89. The normalized spacial score (nSPS) is 16.4. The fraction of sp³-hybridized carbons (Fsp3) is 0.500. The van der Waals surface area contributed by atoms with Gasteiger partial charge < -0.3 is 0 Å². The second-order valence-electron chi connectivity index (χ2n) is 5.61. The number of nitrogens with zero attached hydrogens (tertiary/aromatic N) is 4. The summed E-state index contributed by atoms with van der Waals surface area (Å²) in [5.74, 6) is 0.595. The molecule has 3 rings (SSSR count). The zero-order chi connectivity index (χ0) is 14.1.